The summed E-state index contributed by atoms with van der Waals surface area (Å²) in [4.78, 5) is 16.0. The molecule has 0 saturated carbocycles. The molecule has 0 aliphatic heterocycles. The van der Waals surface area contributed by atoms with Crippen molar-refractivity contribution in [3.8, 4) is 6.07 Å². The summed E-state index contributed by atoms with van der Waals surface area (Å²) < 4.78 is 5.11. The van der Waals surface area contributed by atoms with E-state index >= 15 is 0 Å². The van der Waals surface area contributed by atoms with Crippen molar-refractivity contribution in [2.75, 3.05) is 0 Å². The molecule has 0 aliphatic carbocycles. The Labute approximate surface area is 98.5 Å². The van der Waals surface area contributed by atoms with Crippen molar-refractivity contribution in [3.63, 3.8) is 0 Å². The number of aromatic nitrogens is 1. The molecule has 0 fully saturated rings. The van der Waals surface area contributed by atoms with Gasteiger partial charge in [-0.15, -0.1) is 0 Å². The van der Waals surface area contributed by atoms with Gasteiger partial charge in [0.05, 0.1) is 12.3 Å². The minimum atomic E-state index is -0.867. The first-order chi connectivity index (χ1) is 8.24. The van der Waals surface area contributed by atoms with Crippen LogP contribution in [0.3, 0.4) is 0 Å². The topological polar surface area (TPSA) is 66.9 Å². The van der Waals surface area contributed by atoms with E-state index in [0.717, 1.165) is 5.56 Å². The molecule has 2 heterocycles. The molecular weight excluding hydrogens is 216 g/mol. The van der Waals surface area contributed by atoms with Crippen LogP contribution in [0.1, 0.15) is 27.6 Å². The Hall–Kier alpha value is -2.41. The number of Topliss-reactive ketones (excluding diaryl/α,β-unsaturated/α-hetero) is 1. The van der Waals surface area contributed by atoms with Gasteiger partial charge in [0.1, 0.15) is 5.92 Å². The van der Waals surface area contributed by atoms with Gasteiger partial charge in [-0.25, -0.2) is 0 Å². The molecule has 1 atom stereocenters. The maximum atomic E-state index is 12.1. The minimum absolute atomic E-state index is 0.236. The minimum Gasteiger partial charge on any atom is -0.461 e. The molecule has 2 aromatic heterocycles. The number of nitriles is 1. The summed E-state index contributed by atoms with van der Waals surface area (Å²) in [5, 5.41) is 9.10. The van der Waals surface area contributed by atoms with E-state index in [-0.39, 0.29) is 11.5 Å². The van der Waals surface area contributed by atoms with Gasteiger partial charge in [-0.3, -0.25) is 9.78 Å². The Kier molecular flexibility index (Phi) is 3.01. The molecule has 0 aromatic carbocycles. The average molecular weight is 226 g/mol. The fourth-order valence-corrected chi connectivity index (χ4v) is 1.59. The lowest BCUT2D eigenvalue weighted by Crippen LogP contribution is -2.11. The van der Waals surface area contributed by atoms with E-state index < -0.39 is 5.92 Å². The third kappa shape index (κ3) is 2.08. The molecule has 1 unspecified atom stereocenters. The van der Waals surface area contributed by atoms with Gasteiger partial charge in [0.25, 0.3) is 0 Å². The molecule has 0 radical (unpaired) electrons. The van der Waals surface area contributed by atoms with Gasteiger partial charge in [-0.05, 0) is 30.2 Å². The Balaban J connectivity index is 2.36. The molecule has 2 aromatic rings. The number of nitrogens with zero attached hydrogens (tertiary/aromatic N) is 2. The third-order valence-corrected chi connectivity index (χ3v) is 2.49. The molecule has 0 saturated heterocycles. The molecule has 17 heavy (non-hydrogen) atoms. The maximum absolute atomic E-state index is 12.1. The lowest BCUT2D eigenvalue weighted by atomic mass is 9.95. The number of furan rings is 1. The molecular formula is C13H10N2O2. The number of hydrogen-bond donors (Lipinski definition) is 0. The summed E-state index contributed by atoms with van der Waals surface area (Å²) >= 11 is 0. The van der Waals surface area contributed by atoms with Crippen LogP contribution in [-0.2, 0) is 0 Å². The van der Waals surface area contributed by atoms with E-state index in [1.807, 2.05) is 6.07 Å². The zero-order valence-corrected chi connectivity index (χ0v) is 9.25. The second kappa shape index (κ2) is 4.62. The first-order valence-corrected chi connectivity index (χ1v) is 5.12. The Morgan fingerprint density at radius 2 is 2.35 bits per heavy atom. The molecule has 2 rings (SSSR count). The third-order valence-electron chi connectivity index (χ3n) is 2.49. The van der Waals surface area contributed by atoms with Gasteiger partial charge in [0, 0.05) is 12.4 Å². The lowest BCUT2D eigenvalue weighted by Gasteiger charge is -2.06. The highest BCUT2D eigenvalue weighted by molar-refractivity contribution is 6.01. The standard InChI is InChI=1S/C13H10N2O2/c1-9-4-6-17-13(9)12(16)11(7-14)10-3-2-5-15-8-10/h2-6,8,11H,1H3. The largest absolute Gasteiger partial charge is 0.461 e. The summed E-state index contributed by atoms with van der Waals surface area (Å²) in [7, 11) is 0. The van der Waals surface area contributed by atoms with Gasteiger partial charge < -0.3 is 4.42 Å². The van der Waals surface area contributed by atoms with Crippen molar-refractivity contribution in [2.24, 2.45) is 0 Å². The Morgan fingerprint density at radius 1 is 1.53 bits per heavy atom. The van der Waals surface area contributed by atoms with Crippen molar-refractivity contribution in [1.29, 1.82) is 5.26 Å². The van der Waals surface area contributed by atoms with Gasteiger partial charge in [-0.2, -0.15) is 5.26 Å². The Morgan fingerprint density at radius 3 is 2.88 bits per heavy atom. The van der Waals surface area contributed by atoms with E-state index in [0.29, 0.717) is 5.56 Å². The van der Waals surface area contributed by atoms with Crippen LogP contribution in [0.15, 0.2) is 41.3 Å². The van der Waals surface area contributed by atoms with Crippen LogP contribution in [0.5, 0.6) is 0 Å². The van der Waals surface area contributed by atoms with E-state index in [2.05, 4.69) is 4.98 Å². The fourth-order valence-electron chi connectivity index (χ4n) is 1.59. The highest BCUT2D eigenvalue weighted by atomic mass is 16.3. The molecule has 0 bridgehead atoms. The van der Waals surface area contributed by atoms with E-state index in [4.69, 9.17) is 9.68 Å². The van der Waals surface area contributed by atoms with E-state index in [1.165, 1.54) is 12.5 Å². The molecule has 0 aliphatic rings. The predicted octanol–water partition coefficient (Wildman–Crippen LogP) is 2.47. The number of aryl methyl sites for hydroxylation is 1. The Bertz CT molecular complexity index is 567. The van der Waals surface area contributed by atoms with Crippen LogP contribution in [0, 0.1) is 18.3 Å². The van der Waals surface area contributed by atoms with Crippen molar-refractivity contribution in [2.45, 2.75) is 12.8 Å². The fraction of sp³-hybridized carbons (Fsp3) is 0.154. The van der Waals surface area contributed by atoms with Crippen LogP contribution in [0.2, 0.25) is 0 Å². The maximum Gasteiger partial charge on any atom is 0.219 e. The normalized spacial score (nSPS) is 11.8. The van der Waals surface area contributed by atoms with Gasteiger partial charge in [-0.1, -0.05) is 6.07 Å². The van der Waals surface area contributed by atoms with Crippen molar-refractivity contribution < 1.29 is 9.21 Å². The van der Waals surface area contributed by atoms with E-state index in [1.54, 1.807) is 31.3 Å². The van der Waals surface area contributed by atoms with Crippen LogP contribution < -0.4 is 0 Å². The van der Waals surface area contributed by atoms with Crippen LogP contribution in [0.25, 0.3) is 0 Å². The van der Waals surface area contributed by atoms with Crippen LogP contribution in [0.4, 0.5) is 0 Å². The highest BCUT2D eigenvalue weighted by Crippen LogP contribution is 2.22. The number of ketones is 1. The predicted molar refractivity (Wildman–Crippen MR) is 60.4 cm³/mol. The first kappa shape index (κ1) is 11.1. The van der Waals surface area contributed by atoms with Gasteiger partial charge >= 0.3 is 0 Å². The van der Waals surface area contributed by atoms with Crippen LogP contribution >= 0.6 is 0 Å². The number of carbonyl (C=O) groups excluding carboxylic acids is 1. The molecule has 0 N–H and O–H groups in total. The number of hydrogen-bond acceptors (Lipinski definition) is 4. The zero-order chi connectivity index (χ0) is 12.3. The monoisotopic (exact) mass is 226 g/mol. The lowest BCUT2D eigenvalue weighted by molar-refractivity contribution is 0.0951. The number of carbonyl (C=O) groups is 1. The summed E-state index contributed by atoms with van der Waals surface area (Å²) in [5.41, 5.74) is 1.31. The van der Waals surface area contributed by atoms with Gasteiger partial charge in [0.2, 0.25) is 5.78 Å². The SMILES string of the molecule is Cc1ccoc1C(=O)C(C#N)c1cccnc1. The number of pyridine rings is 1. The summed E-state index contributed by atoms with van der Waals surface area (Å²) in [6, 6.07) is 7.09. The van der Waals surface area contributed by atoms with Crippen molar-refractivity contribution in [1.82, 2.24) is 4.98 Å². The van der Waals surface area contributed by atoms with Crippen LogP contribution in [-0.4, -0.2) is 10.8 Å². The van der Waals surface area contributed by atoms with E-state index in [9.17, 15) is 4.79 Å². The average Bonchev–Trinajstić information content (AvgIpc) is 2.77. The molecule has 84 valence electrons. The van der Waals surface area contributed by atoms with Crippen molar-refractivity contribution >= 4 is 5.78 Å². The second-order valence-corrected chi connectivity index (χ2v) is 3.65. The molecule has 0 amide bonds. The molecule has 4 nitrogen and oxygen atoms in total. The van der Waals surface area contributed by atoms with Gasteiger partial charge in [0.15, 0.2) is 5.76 Å². The summed E-state index contributed by atoms with van der Waals surface area (Å²) in [5.74, 6) is -0.961. The van der Waals surface area contributed by atoms with Crippen molar-refractivity contribution in [3.05, 3.63) is 53.7 Å². The second-order valence-electron chi connectivity index (χ2n) is 3.65. The quantitative estimate of drug-likeness (QED) is 0.754. The number of rotatable bonds is 3. The zero-order valence-electron chi connectivity index (χ0n) is 9.25. The molecule has 4 heteroatoms. The summed E-state index contributed by atoms with van der Waals surface area (Å²) in [6.07, 6.45) is 4.56. The first-order valence-electron chi connectivity index (χ1n) is 5.12. The molecule has 0 spiro atoms. The highest BCUT2D eigenvalue weighted by Gasteiger charge is 2.25. The smallest absolute Gasteiger partial charge is 0.219 e. The summed E-state index contributed by atoms with van der Waals surface area (Å²) in [6.45, 7) is 1.77.